The highest BCUT2D eigenvalue weighted by Crippen LogP contribution is 2.07. The highest BCUT2D eigenvalue weighted by Gasteiger charge is 2.25. The number of rotatable bonds is 8. The van der Waals surface area contributed by atoms with Crippen molar-refractivity contribution >= 4 is 18.0 Å². The molecule has 7 heteroatoms. The van der Waals surface area contributed by atoms with Gasteiger partial charge in [0.25, 0.3) is 0 Å². The minimum absolute atomic E-state index is 0.187. The molecule has 0 heterocycles. The maximum Gasteiger partial charge on any atom is 0.407 e. The monoisotopic (exact) mass is 261 g/mol. The molecule has 7 nitrogen and oxygen atoms in total. The number of nitrogens with one attached hydrogen (secondary N) is 1. The summed E-state index contributed by atoms with van der Waals surface area (Å²) in [5.41, 5.74) is 0. The van der Waals surface area contributed by atoms with Crippen molar-refractivity contribution in [1.82, 2.24) is 5.32 Å². The summed E-state index contributed by atoms with van der Waals surface area (Å²) in [5.74, 6) is -3.25. The van der Waals surface area contributed by atoms with E-state index in [-0.39, 0.29) is 13.0 Å². The molecule has 0 aromatic rings. The fourth-order valence-electron chi connectivity index (χ4n) is 1.17. The lowest BCUT2D eigenvalue weighted by Gasteiger charge is -2.16. The van der Waals surface area contributed by atoms with Gasteiger partial charge >= 0.3 is 18.0 Å². The molecule has 0 aliphatic heterocycles. The summed E-state index contributed by atoms with van der Waals surface area (Å²) in [6, 6.07) is -1.26. The second-order valence-electron chi connectivity index (χ2n) is 4.00. The van der Waals surface area contributed by atoms with Crippen molar-refractivity contribution < 1.29 is 29.3 Å². The standard InChI is InChI=1S/C11H19NO6/c1-3-4-5-18-11(17)12-8(10(15)16)6-7(2)9(13)14/h7-8H,3-6H2,1-2H3,(H,12,17)(H,13,14)(H,15,16)/t7?,8-/m0/s1. The van der Waals surface area contributed by atoms with Crippen molar-refractivity contribution in [3.8, 4) is 0 Å². The SMILES string of the molecule is CCCCOC(=O)N[C@@H](CC(C)C(=O)O)C(=O)O. The van der Waals surface area contributed by atoms with Crippen molar-refractivity contribution in [2.45, 2.75) is 39.2 Å². The van der Waals surface area contributed by atoms with Gasteiger partial charge in [-0.25, -0.2) is 9.59 Å². The molecule has 0 spiro atoms. The van der Waals surface area contributed by atoms with E-state index in [4.69, 9.17) is 14.9 Å². The molecular weight excluding hydrogens is 242 g/mol. The third-order valence-electron chi connectivity index (χ3n) is 2.33. The first-order chi connectivity index (χ1) is 8.38. The Morgan fingerprint density at radius 2 is 1.83 bits per heavy atom. The number of amides is 1. The van der Waals surface area contributed by atoms with E-state index in [0.29, 0.717) is 6.42 Å². The molecule has 0 fully saturated rings. The quantitative estimate of drug-likeness (QED) is 0.563. The maximum absolute atomic E-state index is 11.2. The lowest BCUT2D eigenvalue weighted by molar-refractivity contribution is -0.143. The number of carbonyl (C=O) groups excluding carboxylic acids is 1. The van der Waals surface area contributed by atoms with Crippen LogP contribution in [0.3, 0.4) is 0 Å². The molecule has 1 unspecified atom stereocenters. The average Bonchev–Trinajstić information content (AvgIpc) is 2.28. The largest absolute Gasteiger partial charge is 0.481 e. The molecule has 18 heavy (non-hydrogen) atoms. The molecule has 104 valence electrons. The average molecular weight is 261 g/mol. The first-order valence-electron chi connectivity index (χ1n) is 5.77. The zero-order valence-corrected chi connectivity index (χ0v) is 10.5. The van der Waals surface area contributed by atoms with Gasteiger partial charge in [-0.1, -0.05) is 20.3 Å². The van der Waals surface area contributed by atoms with Gasteiger partial charge in [0, 0.05) is 0 Å². The third-order valence-corrected chi connectivity index (χ3v) is 2.33. The van der Waals surface area contributed by atoms with Crippen LogP contribution in [0.5, 0.6) is 0 Å². The Morgan fingerprint density at radius 1 is 1.22 bits per heavy atom. The van der Waals surface area contributed by atoms with Gasteiger partial charge < -0.3 is 20.3 Å². The normalized spacial score (nSPS) is 13.4. The molecule has 0 aliphatic rings. The smallest absolute Gasteiger partial charge is 0.407 e. The van der Waals surface area contributed by atoms with E-state index in [1.54, 1.807) is 0 Å². The molecule has 2 atom stereocenters. The van der Waals surface area contributed by atoms with Crippen molar-refractivity contribution in [3.63, 3.8) is 0 Å². The first-order valence-corrected chi connectivity index (χ1v) is 5.77. The minimum atomic E-state index is -1.28. The van der Waals surface area contributed by atoms with Crippen LogP contribution in [0.25, 0.3) is 0 Å². The Labute approximate surface area is 105 Å². The van der Waals surface area contributed by atoms with Crippen LogP contribution in [-0.2, 0) is 14.3 Å². The van der Waals surface area contributed by atoms with Crippen molar-refractivity contribution in [2.24, 2.45) is 5.92 Å². The van der Waals surface area contributed by atoms with Gasteiger partial charge in [-0.3, -0.25) is 4.79 Å². The van der Waals surface area contributed by atoms with Crippen LogP contribution in [0.2, 0.25) is 0 Å². The first kappa shape index (κ1) is 16.2. The van der Waals surface area contributed by atoms with Gasteiger partial charge in [0.05, 0.1) is 12.5 Å². The Kier molecular flexibility index (Phi) is 7.50. The lowest BCUT2D eigenvalue weighted by atomic mass is 10.0. The van der Waals surface area contributed by atoms with Crippen molar-refractivity contribution in [3.05, 3.63) is 0 Å². The second-order valence-corrected chi connectivity index (χ2v) is 4.00. The summed E-state index contributed by atoms with van der Waals surface area (Å²) in [6.45, 7) is 3.52. The zero-order valence-electron chi connectivity index (χ0n) is 10.5. The van der Waals surface area contributed by atoms with Gasteiger partial charge in [0.1, 0.15) is 6.04 Å². The number of hydrogen-bond acceptors (Lipinski definition) is 4. The highest BCUT2D eigenvalue weighted by atomic mass is 16.5. The fourth-order valence-corrected chi connectivity index (χ4v) is 1.17. The summed E-state index contributed by atoms with van der Waals surface area (Å²) in [7, 11) is 0. The molecule has 0 saturated carbocycles. The van der Waals surface area contributed by atoms with E-state index in [2.05, 4.69) is 5.32 Å². The fraction of sp³-hybridized carbons (Fsp3) is 0.727. The van der Waals surface area contributed by atoms with Gasteiger partial charge in [-0.2, -0.15) is 0 Å². The topological polar surface area (TPSA) is 113 Å². The summed E-state index contributed by atoms with van der Waals surface area (Å²) in [5, 5.41) is 19.7. The van der Waals surface area contributed by atoms with Crippen LogP contribution in [0.15, 0.2) is 0 Å². The zero-order chi connectivity index (χ0) is 14.1. The van der Waals surface area contributed by atoms with Crippen LogP contribution in [-0.4, -0.2) is 40.9 Å². The minimum Gasteiger partial charge on any atom is -0.481 e. The summed E-state index contributed by atoms with van der Waals surface area (Å²) >= 11 is 0. The molecule has 0 aliphatic carbocycles. The Bertz CT molecular complexity index is 304. The van der Waals surface area contributed by atoms with Gasteiger partial charge in [-0.15, -0.1) is 0 Å². The molecule has 0 aromatic heterocycles. The van der Waals surface area contributed by atoms with Gasteiger partial charge in [0.2, 0.25) is 0 Å². The summed E-state index contributed by atoms with van der Waals surface area (Å²) in [6.07, 6.45) is 0.518. The van der Waals surface area contributed by atoms with E-state index in [1.165, 1.54) is 6.92 Å². The molecule has 0 radical (unpaired) electrons. The van der Waals surface area contributed by atoms with Crippen LogP contribution in [0, 0.1) is 5.92 Å². The van der Waals surface area contributed by atoms with E-state index < -0.39 is 30.0 Å². The number of hydrogen-bond donors (Lipinski definition) is 3. The van der Waals surface area contributed by atoms with Crippen LogP contribution in [0.4, 0.5) is 4.79 Å². The number of carboxylic acids is 2. The van der Waals surface area contributed by atoms with Gasteiger partial charge in [0.15, 0.2) is 0 Å². The molecule has 1 amide bonds. The van der Waals surface area contributed by atoms with Crippen molar-refractivity contribution in [1.29, 1.82) is 0 Å². The van der Waals surface area contributed by atoms with E-state index >= 15 is 0 Å². The molecule has 0 rings (SSSR count). The second kappa shape index (κ2) is 8.32. The van der Waals surface area contributed by atoms with E-state index in [0.717, 1.165) is 6.42 Å². The predicted molar refractivity (Wildman–Crippen MR) is 62.2 cm³/mol. The molecule has 0 saturated heterocycles. The van der Waals surface area contributed by atoms with E-state index in [1.807, 2.05) is 6.92 Å². The third kappa shape index (κ3) is 6.72. The number of alkyl carbamates (subject to hydrolysis) is 1. The number of ether oxygens (including phenoxy) is 1. The number of carboxylic acid groups (broad SMARTS) is 2. The molecule has 0 bridgehead atoms. The van der Waals surface area contributed by atoms with Crippen LogP contribution >= 0.6 is 0 Å². The summed E-state index contributed by atoms with van der Waals surface area (Å²) in [4.78, 5) is 32.7. The lowest BCUT2D eigenvalue weighted by Crippen LogP contribution is -2.42. The van der Waals surface area contributed by atoms with Crippen molar-refractivity contribution in [2.75, 3.05) is 6.61 Å². The number of carbonyl (C=O) groups is 3. The summed E-state index contributed by atoms with van der Waals surface area (Å²) < 4.78 is 4.74. The van der Waals surface area contributed by atoms with Crippen LogP contribution < -0.4 is 5.32 Å². The van der Waals surface area contributed by atoms with Crippen LogP contribution in [0.1, 0.15) is 33.1 Å². The molecular formula is C11H19NO6. The molecule has 3 N–H and O–H groups in total. The maximum atomic E-state index is 11.2. The Hall–Kier alpha value is -1.79. The Morgan fingerprint density at radius 3 is 2.28 bits per heavy atom. The van der Waals surface area contributed by atoms with Gasteiger partial charge in [-0.05, 0) is 12.8 Å². The van der Waals surface area contributed by atoms with E-state index in [9.17, 15) is 14.4 Å². The Balaban J connectivity index is 4.23. The number of aliphatic carboxylic acids is 2. The number of unbranched alkanes of at least 4 members (excludes halogenated alkanes) is 1. The molecule has 0 aromatic carbocycles. The highest BCUT2D eigenvalue weighted by molar-refractivity contribution is 5.80. The predicted octanol–water partition coefficient (Wildman–Crippen LogP) is 1.08.